The summed E-state index contributed by atoms with van der Waals surface area (Å²) >= 11 is 0. The summed E-state index contributed by atoms with van der Waals surface area (Å²) in [5.41, 5.74) is 0.645. The van der Waals surface area contributed by atoms with Crippen LogP contribution in [0.25, 0.3) is 0 Å². The Bertz CT molecular complexity index is 668. The van der Waals surface area contributed by atoms with E-state index in [9.17, 15) is 9.18 Å². The molecule has 0 saturated heterocycles. The molecule has 24 heavy (non-hydrogen) atoms. The van der Waals surface area contributed by atoms with Crippen molar-refractivity contribution in [1.82, 2.24) is 0 Å². The number of hydrogen-bond donors (Lipinski definition) is 1. The molecule has 2 aromatic carbocycles. The average molecular weight is 329 g/mol. The molecule has 126 valence electrons. The Morgan fingerprint density at radius 1 is 1.17 bits per heavy atom. The van der Waals surface area contributed by atoms with Crippen molar-refractivity contribution in [2.75, 3.05) is 11.9 Å². The number of ether oxygens (including phenoxy) is 2. The summed E-state index contributed by atoms with van der Waals surface area (Å²) in [7, 11) is 0. The zero-order chi connectivity index (χ0) is 17.4. The Hall–Kier alpha value is -2.82. The lowest BCUT2D eigenvalue weighted by atomic mass is 10.2. The van der Waals surface area contributed by atoms with Crippen molar-refractivity contribution in [1.29, 1.82) is 0 Å². The number of rotatable bonds is 8. The van der Waals surface area contributed by atoms with E-state index in [0.717, 1.165) is 0 Å². The van der Waals surface area contributed by atoms with Gasteiger partial charge in [-0.25, -0.2) is 4.39 Å². The quantitative estimate of drug-likeness (QED) is 0.739. The molecule has 1 N–H and O–H groups in total. The van der Waals surface area contributed by atoms with Gasteiger partial charge in [0.2, 0.25) is 0 Å². The molecule has 0 fully saturated rings. The summed E-state index contributed by atoms with van der Waals surface area (Å²) in [5, 5.41) is 2.79. The molecular formula is C19H20FNO3. The van der Waals surface area contributed by atoms with Gasteiger partial charge in [0.05, 0.1) is 0 Å². The molecule has 0 heterocycles. The van der Waals surface area contributed by atoms with Crippen molar-refractivity contribution in [2.24, 2.45) is 0 Å². The highest BCUT2D eigenvalue weighted by atomic mass is 19.1. The van der Waals surface area contributed by atoms with Crippen LogP contribution >= 0.6 is 0 Å². The lowest BCUT2D eigenvalue weighted by Crippen LogP contribution is -2.32. The van der Waals surface area contributed by atoms with Crippen molar-refractivity contribution in [3.8, 4) is 11.5 Å². The third-order valence-electron chi connectivity index (χ3n) is 3.24. The highest BCUT2D eigenvalue weighted by Gasteiger charge is 2.18. The van der Waals surface area contributed by atoms with Crippen molar-refractivity contribution in [3.63, 3.8) is 0 Å². The molecule has 0 radical (unpaired) electrons. The van der Waals surface area contributed by atoms with Crippen molar-refractivity contribution in [3.05, 3.63) is 67.0 Å². The van der Waals surface area contributed by atoms with Crippen LogP contribution in [0.5, 0.6) is 11.5 Å². The standard InChI is InChI=1S/C19H20FNO3/c1-3-13-23-16-11-7-15(8-12-16)21-19(22)18(4-2)24-17-9-5-14(20)6-10-17/h3,5-12,18H,1,4,13H2,2H3,(H,21,22)/t18-/m1/s1. The molecule has 0 bridgehead atoms. The van der Waals surface area contributed by atoms with Gasteiger partial charge in [0, 0.05) is 5.69 Å². The minimum atomic E-state index is -0.660. The fraction of sp³-hybridized carbons (Fsp3) is 0.211. The number of benzene rings is 2. The highest BCUT2D eigenvalue weighted by Crippen LogP contribution is 2.18. The predicted molar refractivity (Wildman–Crippen MR) is 91.9 cm³/mol. The maximum atomic E-state index is 12.9. The van der Waals surface area contributed by atoms with Crippen LogP contribution in [0.3, 0.4) is 0 Å². The fourth-order valence-electron chi connectivity index (χ4n) is 2.01. The molecule has 1 atom stereocenters. The summed E-state index contributed by atoms with van der Waals surface area (Å²) in [6.07, 6.45) is 1.49. The minimum Gasteiger partial charge on any atom is -0.490 e. The van der Waals surface area contributed by atoms with E-state index in [4.69, 9.17) is 9.47 Å². The average Bonchev–Trinajstić information content (AvgIpc) is 2.60. The first-order valence-electron chi connectivity index (χ1n) is 7.69. The first-order valence-corrected chi connectivity index (χ1v) is 7.69. The van der Waals surface area contributed by atoms with Gasteiger partial charge in [0.15, 0.2) is 6.10 Å². The summed E-state index contributed by atoms with van der Waals surface area (Å²) in [4.78, 5) is 12.3. The van der Waals surface area contributed by atoms with Crippen LogP contribution in [0.2, 0.25) is 0 Å². The minimum absolute atomic E-state index is 0.262. The van der Waals surface area contributed by atoms with Crippen LogP contribution in [0.1, 0.15) is 13.3 Å². The van der Waals surface area contributed by atoms with Gasteiger partial charge in [-0.05, 0) is 55.0 Å². The van der Waals surface area contributed by atoms with Crippen LogP contribution < -0.4 is 14.8 Å². The number of nitrogens with one attached hydrogen (secondary N) is 1. The molecule has 0 aliphatic carbocycles. The van der Waals surface area contributed by atoms with Gasteiger partial charge < -0.3 is 14.8 Å². The molecule has 0 saturated carbocycles. The number of carbonyl (C=O) groups excluding carboxylic acids is 1. The normalized spacial score (nSPS) is 11.4. The van der Waals surface area contributed by atoms with E-state index in [0.29, 0.717) is 30.2 Å². The topological polar surface area (TPSA) is 47.6 Å². The molecule has 0 aliphatic rings. The SMILES string of the molecule is C=CCOc1ccc(NC(=O)[C@@H](CC)Oc2ccc(F)cc2)cc1. The van der Waals surface area contributed by atoms with E-state index in [2.05, 4.69) is 11.9 Å². The van der Waals surface area contributed by atoms with Crippen molar-refractivity contribution >= 4 is 11.6 Å². The van der Waals surface area contributed by atoms with Gasteiger partial charge in [-0.3, -0.25) is 4.79 Å². The molecule has 0 aliphatic heterocycles. The van der Waals surface area contributed by atoms with Crippen LogP contribution in [-0.2, 0) is 4.79 Å². The smallest absolute Gasteiger partial charge is 0.265 e. The molecule has 1 amide bonds. The summed E-state index contributed by atoms with van der Waals surface area (Å²) in [5.74, 6) is 0.536. The Morgan fingerprint density at radius 2 is 1.79 bits per heavy atom. The lowest BCUT2D eigenvalue weighted by Gasteiger charge is -2.17. The molecule has 2 rings (SSSR count). The Balaban J connectivity index is 1.95. The molecule has 0 spiro atoms. The molecule has 0 aromatic heterocycles. The van der Waals surface area contributed by atoms with E-state index in [1.807, 2.05) is 6.92 Å². The zero-order valence-electron chi connectivity index (χ0n) is 13.5. The Morgan fingerprint density at radius 3 is 2.38 bits per heavy atom. The van der Waals surface area contributed by atoms with Crippen molar-refractivity contribution in [2.45, 2.75) is 19.4 Å². The number of halogens is 1. The van der Waals surface area contributed by atoms with Gasteiger partial charge in [-0.2, -0.15) is 0 Å². The monoisotopic (exact) mass is 329 g/mol. The Labute approximate surface area is 140 Å². The van der Waals surface area contributed by atoms with Gasteiger partial charge in [-0.1, -0.05) is 19.6 Å². The van der Waals surface area contributed by atoms with Crippen LogP contribution in [0, 0.1) is 5.82 Å². The third-order valence-corrected chi connectivity index (χ3v) is 3.24. The number of carbonyl (C=O) groups is 1. The summed E-state index contributed by atoms with van der Waals surface area (Å²) in [6, 6.07) is 12.6. The fourth-order valence-corrected chi connectivity index (χ4v) is 2.01. The molecule has 2 aromatic rings. The van der Waals surface area contributed by atoms with Crippen molar-refractivity contribution < 1.29 is 18.7 Å². The molecular weight excluding hydrogens is 309 g/mol. The largest absolute Gasteiger partial charge is 0.490 e. The van der Waals surface area contributed by atoms with E-state index in [1.165, 1.54) is 24.3 Å². The Kier molecular flexibility index (Phi) is 6.37. The first-order chi connectivity index (χ1) is 11.6. The third kappa shape index (κ3) is 5.12. The number of hydrogen-bond acceptors (Lipinski definition) is 3. The lowest BCUT2D eigenvalue weighted by molar-refractivity contribution is -0.122. The van der Waals surface area contributed by atoms with E-state index in [1.54, 1.807) is 30.3 Å². The summed E-state index contributed by atoms with van der Waals surface area (Å²) in [6.45, 7) is 5.86. The van der Waals surface area contributed by atoms with E-state index >= 15 is 0 Å². The van der Waals surface area contributed by atoms with E-state index < -0.39 is 6.10 Å². The van der Waals surface area contributed by atoms with Gasteiger partial charge in [-0.15, -0.1) is 0 Å². The van der Waals surface area contributed by atoms with E-state index in [-0.39, 0.29) is 11.7 Å². The second kappa shape index (κ2) is 8.72. The molecule has 5 heteroatoms. The second-order valence-electron chi connectivity index (χ2n) is 5.08. The summed E-state index contributed by atoms with van der Waals surface area (Å²) < 4.78 is 23.9. The predicted octanol–water partition coefficient (Wildman–Crippen LogP) is 4.19. The highest BCUT2D eigenvalue weighted by molar-refractivity contribution is 5.94. The molecule has 4 nitrogen and oxygen atoms in total. The van der Waals surface area contributed by atoms with Crippen LogP contribution in [-0.4, -0.2) is 18.6 Å². The van der Waals surface area contributed by atoms with Gasteiger partial charge in [0.25, 0.3) is 5.91 Å². The maximum Gasteiger partial charge on any atom is 0.265 e. The van der Waals surface area contributed by atoms with Gasteiger partial charge in [0.1, 0.15) is 23.9 Å². The van der Waals surface area contributed by atoms with Gasteiger partial charge >= 0.3 is 0 Å². The maximum absolute atomic E-state index is 12.9. The first kappa shape index (κ1) is 17.5. The second-order valence-corrected chi connectivity index (χ2v) is 5.08. The van der Waals surface area contributed by atoms with Crippen LogP contribution in [0.15, 0.2) is 61.2 Å². The van der Waals surface area contributed by atoms with Crippen LogP contribution in [0.4, 0.5) is 10.1 Å². The number of anilines is 1. The zero-order valence-corrected chi connectivity index (χ0v) is 13.5. The number of amides is 1. The molecule has 0 unspecified atom stereocenters.